The molecular formula is C13H17Cl2N5O. The Kier molecular flexibility index (Phi) is 5.52. The normalized spacial score (nSPS) is 14.7. The molecule has 0 aromatic heterocycles. The molecule has 0 spiro atoms. The molecule has 1 aliphatic rings. The van der Waals surface area contributed by atoms with Gasteiger partial charge in [0.15, 0.2) is 0 Å². The van der Waals surface area contributed by atoms with E-state index in [0.717, 1.165) is 19.4 Å². The van der Waals surface area contributed by atoms with E-state index in [4.69, 9.17) is 39.4 Å². The molecule has 1 aliphatic heterocycles. The van der Waals surface area contributed by atoms with Crippen molar-refractivity contribution in [3.63, 3.8) is 0 Å². The molecule has 0 radical (unpaired) electrons. The molecule has 0 aliphatic carbocycles. The topological polar surface area (TPSA) is 89.2 Å². The van der Waals surface area contributed by atoms with Crippen molar-refractivity contribution in [2.45, 2.75) is 12.8 Å². The van der Waals surface area contributed by atoms with Crippen LogP contribution in [-0.2, 0) is 0 Å². The van der Waals surface area contributed by atoms with E-state index >= 15 is 0 Å². The maximum atomic E-state index is 5.91. The predicted molar refractivity (Wildman–Crippen MR) is 86.0 cm³/mol. The molecule has 1 aromatic rings. The number of benzene rings is 1. The predicted octanol–water partition coefficient (Wildman–Crippen LogP) is 2.05. The fourth-order valence-electron chi connectivity index (χ4n) is 1.80. The zero-order valence-corrected chi connectivity index (χ0v) is 12.9. The molecule has 1 aromatic carbocycles. The van der Waals surface area contributed by atoms with Crippen LogP contribution in [0.3, 0.4) is 0 Å². The first-order valence-corrected chi connectivity index (χ1v) is 7.29. The Hall–Kier alpha value is -1.66. The lowest BCUT2D eigenvalue weighted by molar-refractivity contribution is 0.295. The molecule has 0 saturated heterocycles. The molecule has 0 unspecified atom stereocenters. The highest BCUT2D eigenvalue weighted by molar-refractivity contribution is 6.42. The third kappa shape index (κ3) is 4.68. The minimum absolute atomic E-state index is 0.228. The summed E-state index contributed by atoms with van der Waals surface area (Å²) in [6, 6.07) is 5.21. The third-order valence-corrected chi connectivity index (χ3v) is 3.68. The van der Waals surface area contributed by atoms with Crippen LogP contribution in [0.5, 0.6) is 5.75 Å². The molecule has 0 bridgehead atoms. The standard InChI is InChI=1S/C13H17Cl2N5O/c14-10-4-3-9(7-11(10)15)21-6-2-1-5-20-8-18-12(16)19-13(20)17/h3-4,7H,1-2,5-6,8H2,(H4,16,17,18,19). The number of hydrogen-bond acceptors (Lipinski definition) is 6. The van der Waals surface area contributed by atoms with Crippen molar-refractivity contribution in [3.8, 4) is 5.75 Å². The Morgan fingerprint density at radius 2 is 2.00 bits per heavy atom. The number of guanidine groups is 2. The summed E-state index contributed by atoms with van der Waals surface area (Å²) in [5.74, 6) is 1.35. The zero-order valence-electron chi connectivity index (χ0n) is 11.4. The van der Waals surface area contributed by atoms with E-state index in [9.17, 15) is 0 Å². The van der Waals surface area contributed by atoms with E-state index in [0.29, 0.717) is 35.0 Å². The molecule has 0 amide bonds. The van der Waals surface area contributed by atoms with Gasteiger partial charge in [0.2, 0.25) is 11.9 Å². The van der Waals surface area contributed by atoms with Crippen LogP contribution >= 0.6 is 23.2 Å². The van der Waals surface area contributed by atoms with Crippen LogP contribution in [0.15, 0.2) is 28.2 Å². The van der Waals surface area contributed by atoms with Crippen LogP contribution in [0.2, 0.25) is 10.0 Å². The number of unbranched alkanes of at least 4 members (excludes halogenated alkanes) is 1. The van der Waals surface area contributed by atoms with Crippen molar-refractivity contribution in [2.75, 3.05) is 19.8 Å². The summed E-state index contributed by atoms with van der Waals surface area (Å²) in [6.45, 7) is 1.81. The van der Waals surface area contributed by atoms with Crippen LogP contribution in [-0.4, -0.2) is 36.6 Å². The first-order chi connectivity index (χ1) is 10.1. The molecule has 0 fully saturated rings. The Morgan fingerprint density at radius 1 is 1.19 bits per heavy atom. The average molecular weight is 330 g/mol. The summed E-state index contributed by atoms with van der Waals surface area (Å²) in [4.78, 5) is 9.81. The first-order valence-electron chi connectivity index (χ1n) is 6.53. The highest BCUT2D eigenvalue weighted by atomic mass is 35.5. The quantitative estimate of drug-likeness (QED) is 0.781. The number of nitrogens with zero attached hydrogens (tertiary/aromatic N) is 3. The largest absolute Gasteiger partial charge is 0.494 e. The van der Waals surface area contributed by atoms with Crippen LogP contribution in [0.1, 0.15) is 12.8 Å². The number of nitrogens with two attached hydrogens (primary N) is 2. The Morgan fingerprint density at radius 3 is 2.71 bits per heavy atom. The minimum atomic E-state index is 0.228. The first kappa shape index (κ1) is 15.7. The summed E-state index contributed by atoms with van der Waals surface area (Å²) < 4.78 is 5.60. The van der Waals surface area contributed by atoms with E-state index in [2.05, 4.69) is 9.98 Å². The van der Waals surface area contributed by atoms with Crippen molar-refractivity contribution < 1.29 is 4.74 Å². The lowest BCUT2D eigenvalue weighted by Crippen LogP contribution is -2.42. The van der Waals surface area contributed by atoms with E-state index < -0.39 is 0 Å². The molecule has 6 nitrogen and oxygen atoms in total. The van der Waals surface area contributed by atoms with Crippen molar-refractivity contribution in [2.24, 2.45) is 21.5 Å². The number of halogens is 2. The second-order valence-corrected chi connectivity index (χ2v) is 5.34. The zero-order chi connectivity index (χ0) is 15.2. The number of aliphatic imine (C=N–C) groups is 2. The Bertz CT molecular complexity index is 561. The maximum Gasteiger partial charge on any atom is 0.220 e. The van der Waals surface area contributed by atoms with Gasteiger partial charge in [0.25, 0.3) is 0 Å². The summed E-state index contributed by atoms with van der Waals surface area (Å²) >= 11 is 11.8. The lowest BCUT2D eigenvalue weighted by Gasteiger charge is -2.24. The molecule has 114 valence electrons. The second-order valence-electron chi connectivity index (χ2n) is 4.52. The molecule has 0 atom stereocenters. The smallest absolute Gasteiger partial charge is 0.220 e. The van der Waals surface area contributed by atoms with Gasteiger partial charge in [-0.1, -0.05) is 23.2 Å². The molecule has 0 saturated carbocycles. The highest BCUT2D eigenvalue weighted by Gasteiger charge is 2.11. The molecule has 2 rings (SSSR count). The summed E-state index contributed by atoms with van der Waals surface area (Å²) in [7, 11) is 0. The second kappa shape index (κ2) is 7.38. The monoisotopic (exact) mass is 329 g/mol. The van der Waals surface area contributed by atoms with Gasteiger partial charge in [0.1, 0.15) is 12.4 Å². The van der Waals surface area contributed by atoms with Crippen molar-refractivity contribution >= 4 is 35.1 Å². The average Bonchev–Trinajstić information content (AvgIpc) is 2.44. The molecule has 1 heterocycles. The lowest BCUT2D eigenvalue weighted by atomic mass is 10.3. The van der Waals surface area contributed by atoms with E-state index in [-0.39, 0.29) is 5.96 Å². The van der Waals surface area contributed by atoms with Crippen LogP contribution < -0.4 is 16.2 Å². The fraction of sp³-hybridized carbons (Fsp3) is 0.385. The highest BCUT2D eigenvalue weighted by Crippen LogP contribution is 2.26. The van der Waals surface area contributed by atoms with Gasteiger partial charge >= 0.3 is 0 Å². The Balaban J connectivity index is 1.66. The van der Waals surface area contributed by atoms with Crippen molar-refractivity contribution in [3.05, 3.63) is 28.2 Å². The van der Waals surface area contributed by atoms with Gasteiger partial charge in [0.05, 0.1) is 16.7 Å². The van der Waals surface area contributed by atoms with Gasteiger partial charge in [-0.05, 0) is 25.0 Å². The SMILES string of the molecule is NC1=NCN(CCCCOc2ccc(Cl)c(Cl)c2)C(N)=N1. The van der Waals surface area contributed by atoms with Crippen LogP contribution in [0.4, 0.5) is 0 Å². The van der Waals surface area contributed by atoms with Crippen LogP contribution in [0, 0.1) is 0 Å². The van der Waals surface area contributed by atoms with Crippen molar-refractivity contribution in [1.29, 1.82) is 0 Å². The number of rotatable bonds is 6. The maximum absolute atomic E-state index is 5.91. The molecule has 8 heteroatoms. The van der Waals surface area contributed by atoms with Gasteiger partial charge in [-0.3, -0.25) is 0 Å². The Labute approximate surface area is 133 Å². The van der Waals surface area contributed by atoms with Gasteiger partial charge in [0, 0.05) is 12.6 Å². The molecular weight excluding hydrogens is 313 g/mol. The van der Waals surface area contributed by atoms with Crippen molar-refractivity contribution in [1.82, 2.24) is 4.90 Å². The summed E-state index contributed by atoms with van der Waals surface area (Å²) in [6.07, 6.45) is 1.79. The van der Waals surface area contributed by atoms with Gasteiger partial charge in [-0.15, -0.1) is 0 Å². The van der Waals surface area contributed by atoms with Crippen LogP contribution in [0.25, 0.3) is 0 Å². The number of hydrogen-bond donors (Lipinski definition) is 2. The minimum Gasteiger partial charge on any atom is -0.494 e. The van der Waals surface area contributed by atoms with E-state index in [1.165, 1.54) is 0 Å². The van der Waals surface area contributed by atoms with Gasteiger partial charge in [-0.25, -0.2) is 4.99 Å². The van der Waals surface area contributed by atoms with Gasteiger partial charge < -0.3 is 21.1 Å². The summed E-state index contributed by atoms with van der Waals surface area (Å²) in [5, 5.41) is 1.01. The van der Waals surface area contributed by atoms with Gasteiger partial charge in [-0.2, -0.15) is 4.99 Å². The molecule has 4 N–H and O–H groups in total. The fourth-order valence-corrected chi connectivity index (χ4v) is 2.09. The third-order valence-electron chi connectivity index (χ3n) is 2.94. The molecule has 21 heavy (non-hydrogen) atoms. The summed E-state index contributed by atoms with van der Waals surface area (Å²) in [5.41, 5.74) is 11.2. The van der Waals surface area contributed by atoms with E-state index in [1.54, 1.807) is 18.2 Å². The van der Waals surface area contributed by atoms with E-state index in [1.807, 2.05) is 4.90 Å². The number of ether oxygens (including phenoxy) is 1.